The molecule has 2 aromatic carbocycles. The zero-order chi connectivity index (χ0) is 17.1. The molecule has 3 aromatic rings. The minimum atomic E-state index is -0.276. The second kappa shape index (κ2) is 7.15. The number of halogens is 1. The average molecular weight is 352 g/mol. The van der Waals surface area contributed by atoms with Crippen molar-refractivity contribution in [3.63, 3.8) is 0 Å². The normalized spacial score (nSPS) is 13.5. The van der Waals surface area contributed by atoms with Gasteiger partial charge in [-0.25, -0.2) is 9.37 Å². The lowest BCUT2D eigenvalue weighted by Gasteiger charge is -2.08. The maximum Gasteiger partial charge on any atom is 0.136 e. The molecule has 0 saturated heterocycles. The van der Waals surface area contributed by atoms with Crippen LogP contribution in [-0.2, 0) is 0 Å². The van der Waals surface area contributed by atoms with Crippen LogP contribution in [-0.4, -0.2) is 10.2 Å². The quantitative estimate of drug-likeness (QED) is 0.560. The van der Waals surface area contributed by atoms with E-state index in [1.165, 1.54) is 25.0 Å². The van der Waals surface area contributed by atoms with Crippen molar-refractivity contribution in [2.45, 2.75) is 18.1 Å². The topological polar surface area (TPSA) is 34.1 Å². The SMILES string of the molecule is Fc1ccc(Oc2ccc(-c3cccc(NSC4CC4)n3)cc2)cc1. The maximum absolute atomic E-state index is 12.9. The fourth-order valence-corrected chi connectivity index (χ4v) is 3.09. The summed E-state index contributed by atoms with van der Waals surface area (Å²) in [4.78, 5) is 4.65. The number of pyridine rings is 1. The second-order valence-electron chi connectivity index (χ2n) is 5.91. The monoisotopic (exact) mass is 352 g/mol. The number of hydrogen-bond donors (Lipinski definition) is 1. The van der Waals surface area contributed by atoms with Crippen LogP contribution in [0, 0.1) is 5.82 Å². The molecule has 0 unspecified atom stereocenters. The molecule has 0 amide bonds. The fraction of sp³-hybridized carbons (Fsp3) is 0.150. The highest BCUT2D eigenvalue weighted by Crippen LogP contribution is 2.34. The third kappa shape index (κ3) is 4.31. The lowest BCUT2D eigenvalue weighted by atomic mass is 10.1. The molecule has 0 bridgehead atoms. The number of benzene rings is 2. The van der Waals surface area contributed by atoms with Gasteiger partial charge in [-0.1, -0.05) is 6.07 Å². The summed E-state index contributed by atoms with van der Waals surface area (Å²) < 4.78 is 22.0. The predicted octanol–water partition coefficient (Wildman–Crippen LogP) is 5.90. The molecular formula is C20H17FN2OS. The molecule has 0 spiro atoms. The predicted molar refractivity (Wildman–Crippen MR) is 100 cm³/mol. The Hall–Kier alpha value is -2.53. The van der Waals surface area contributed by atoms with E-state index in [1.807, 2.05) is 42.5 Å². The van der Waals surface area contributed by atoms with Crippen molar-refractivity contribution in [2.24, 2.45) is 0 Å². The van der Waals surface area contributed by atoms with Gasteiger partial charge in [0.15, 0.2) is 0 Å². The van der Waals surface area contributed by atoms with E-state index in [0.717, 1.165) is 22.3 Å². The molecule has 4 rings (SSSR count). The van der Waals surface area contributed by atoms with Gasteiger partial charge in [0.1, 0.15) is 23.1 Å². The van der Waals surface area contributed by atoms with Gasteiger partial charge in [-0.05, 0) is 85.5 Å². The van der Waals surface area contributed by atoms with E-state index in [2.05, 4.69) is 9.71 Å². The minimum absolute atomic E-state index is 0.276. The molecule has 1 aromatic heterocycles. The van der Waals surface area contributed by atoms with Crippen LogP contribution in [0.2, 0.25) is 0 Å². The molecule has 1 aliphatic rings. The Bertz CT molecular complexity index is 848. The highest BCUT2D eigenvalue weighted by Gasteiger charge is 2.22. The Labute approximate surface area is 150 Å². The van der Waals surface area contributed by atoms with E-state index in [0.29, 0.717) is 11.5 Å². The van der Waals surface area contributed by atoms with Gasteiger partial charge in [0.05, 0.1) is 5.69 Å². The summed E-state index contributed by atoms with van der Waals surface area (Å²) in [6, 6.07) is 19.7. The number of nitrogens with one attached hydrogen (secondary N) is 1. The number of rotatable bonds is 6. The van der Waals surface area contributed by atoms with Gasteiger partial charge in [0.2, 0.25) is 0 Å². The maximum atomic E-state index is 12.9. The van der Waals surface area contributed by atoms with Crippen LogP contribution in [0.15, 0.2) is 66.7 Å². The summed E-state index contributed by atoms with van der Waals surface area (Å²) >= 11 is 1.74. The first kappa shape index (κ1) is 16.0. The summed E-state index contributed by atoms with van der Waals surface area (Å²) in [5, 5.41) is 0.730. The van der Waals surface area contributed by atoms with Crippen LogP contribution in [0.25, 0.3) is 11.3 Å². The van der Waals surface area contributed by atoms with Crippen molar-refractivity contribution in [3.05, 3.63) is 72.5 Å². The van der Waals surface area contributed by atoms with E-state index in [4.69, 9.17) is 4.74 Å². The molecule has 1 N–H and O–H groups in total. The summed E-state index contributed by atoms with van der Waals surface area (Å²) in [5.74, 6) is 1.91. The van der Waals surface area contributed by atoms with Gasteiger partial charge in [-0.15, -0.1) is 0 Å². The molecule has 25 heavy (non-hydrogen) atoms. The fourth-order valence-electron chi connectivity index (χ4n) is 2.31. The second-order valence-corrected chi connectivity index (χ2v) is 7.01. The number of anilines is 1. The van der Waals surface area contributed by atoms with E-state index in [1.54, 1.807) is 24.1 Å². The molecule has 3 nitrogen and oxygen atoms in total. The van der Waals surface area contributed by atoms with Gasteiger partial charge in [0, 0.05) is 10.8 Å². The summed E-state index contributed by atoms with van der Waals surface area (Å²) in [6.45, 7) is 0. The van der Waals surface area contributed by atoms with Gasteiger partial charge >= 0.3 is 0 Å². The Morgan fingerprint density at radius 3 is 2.28 bits per heavy atom. The van der Waals surface area contributed by atoms with Crippen molar-refractivity contribution >= 4 is 17.8 Å². The van der Waals surface area contributed by atoms with Crippen molar-refractivity contribution in [3.8, 4) is 22.8 Å². The molecule has 126 valence electrons. The van der Waals surface area contributed by atoms with Crippen LogP contribution >= 0.6 is 11.9 Å². The van der Waals surface area contributed by atoms with Crippen molar-refractivity contribution in [1.82, 2.24) is 4.98 Å². The number of nitrogens with zero attached hydrogens (tertiary/aromatic N) is 1. The smallest absolute Gasteiger partial charge is 0.136 e. The molecule has 0 radical (unpaired) electrons. The largest absolute Gasteiger partial charge is 0.457 e. The highest BCUT2D eigenvalue weighted by atomic mass is 32.2. The Kier molecular flexibility index (Phi) is 4.57. The van der Waals surface area contributed by atoms with E-state index >= 15 is 0 Å². The van der Waals surface area contributed by atoms with Crippen LogP contribution in [0.5, 0.6) is 11.5 Å². The zero-order valence-corrected chi connectivity index (χ0v) is 14.3. The number of ether oxygens (including phenoxy) is 1. The average Bonchev–Trinajstić information content (AvgIpc) is 3.47. The molecule has 0 atom stereocenters. The van der Waals surface area contributed by atoms with Gasteiger partial charge < -0.3 is 9.46 Å². The lowest BCUT2D eigenvalue weighted by Crippen LogP contribution is -1.93. The highest BCUT2D eigenvalue weighted by molar-refractivity contribution is 8.01. The first-order valence-corrected chi connectivity index (χ1v) is 9.07. The lowest BCUT2D eigenvalue weighted by molar-refractivity contribution is 0.480. The van der Waals surface area contributed by atoms with Crippen molar-refractivity contribution in [1.29, 1.82) is 0 Å². The van der Waals surface area contributed by atoms with Gasteiger partial charge in [0.25, 0.3) is 0 Å². The standard InChI is InChI=1S/C20H17FN2OS/c21-15-6-10-17(11-7-15)24-16-8-4-14(5-9-16)19-2-1-3-20(22-19)23-25-18-12-13-18/h1-11,18H,12-13H2,(H,22,23). The Morgan fingerprint density at radius 2 is 1.60 bits per heavy atom. The van der Waals surface area contributed by atoms with Crippen LogP contribution in [0.4, 0.5) is 10.2 Å². The summed E-state index contributed by atoms with van der Waals surface area (Å²) in [7, 11) is 0. The van der Waals surface area contributed by atoms with Crippen molar-refractivity contribution in [2.75, 3.05) is 4.72 Å². The molecule has 1 aliphatic carbocycles. The molecule has 0 aliphatic heterocycles. The van der Waals surface area contributed by atoms with Gasteiger partial charge in [-0.2, -0.15) is 0 Å². The third-order valence-corrected chi connectivity index (χ3v) is 4.93. The Morgan fingerprint density at radius 1 is 0.920 bits per heavy atom. The van der Waals surface area contributed by atoms with Crippen LogP contribution in [0.3, 0.4) is 0 Å². The molecular weight excluding hydrogens is 335 g/mol. The van der Waals surface area contributed by atoms with E-state index < -0.39 is 0 Å². The molecule has 1 fully saturated rings. The van der Waals surface area contributed by atoms with Crippen molar-refractivity contribution < 1.29 is 9.13 Å². The Balaban J connectivity index is 1.45. The number of aromatic nitrogens is 1. The van der Waals surface area contributed by atoms with E-state index in [9.17, 15) is 4.39 Å². The molecule has 5 heteroatoms. The summed E-state index contributed by atoms with van der Waals surface area (Å²) in [6.07, 6.45) is 2.57. The van der Waals surface area contributed by atoms with Gasteiger partial charge in [-0.3, -0.25) is 0 Å². The summed E-state index contributed by atoms with van der Waals surface area (Å²) in [5.41, 5.74) is 1.93. The molecule has 1 saturated carbocycles. The van der Waals surface area contributed by atoms with Crippen LogP contribution in [0.1, 0.15) is 12.8 Å². The molecule has 1 heterocycles. The first-order valence-electron chi connectivity index (χ1n) is 8.19. The van der Waals surface area contributed by atoms with E-state index in [-0.39, 0.29) is 5.82 Å². The van der Waals surface area contributed by atoms with Crippen LogP contribution < -0.4 is 9.46 Å². The zero-order valence-electron chi connectivity index (χ0n) is 13.5. The third-order valence-electron chi connectivity index (χ3n) is 3.80. The minimum Gasteiger partial charge on any atom is -0.457 e. The first-order chi connectivity index (χ1) is 12.3. The number of hydrogen-bond acceptors (Lipinski definition) is 4.